The fraction of sp³-hybridized carbons (Fsp3) is 0.529. The van der Waals surface area contributed by atoms with Crippen molar-refractivity contribution in [3.8, 4) is 11.5 Å². The molecule has 1 aromatic carbocycles. The maximum absolute atomic E-state index is 14.0. The Bertz CT molecular complexity index is 1550. The molecule has 0 N–H and O–H groups in total. The quantitative estimate of drug-likeness (QED) is 0.131. The first-order valence-electron chi connectivity index (χ1n) is 15.3. The molecule has 2 heterocycles. The number of nitrogens with zero attached hydrogens (tertiary/aromatic N) is 3. The Morgan fingerprint density at radius 2 is 1.02 bits per heavy atom. The van der Waals surface area contributed by atoms with Crippen LogP contribution in [0.2, 0.25) is 0 Å². The molecular formula is C34H45N3O10. The zero-order valence-corrected chi connectivity index (χ0v) is 29.2. The molecule has 3 rings (SSSR count). The first-order chi connectivity index (χ1) is 21.8. The monoisotopic (exact) mass is 655 g/mol. The minimum atomic E-state index is -1.12. The van der Waals surface area contributed by atoms with Crippen molar-refractivity contribution in [3.05, 3.63) is 29.6 Å². The van der Waals surface area contributed by atoms with Gasteiger partial charge in [-0.15, -0.1) is 0 Å². The molecule has 13 heteroatoms. The summed E-state index contributed by atoms with van der Waals surface area (Å²) in [6.07, 6.45) is -2.24. The molecule has 0 aliphatic heterocycles. The third kappa shape index (κ3) is 9.20. The number of pyridine rings is 2. The van der Waals surface area contributed by atoms with Gasteiger partial charge in [-0.3, -0.25) is 0 Å². The molecule has 2 aromatic heterocycles. The van der Waals surface area contributed by atoms with Crippen LogP contribution in [-0.4, -0.2) is 72.7 Å². The predicted molar refractivity (Wildman–Crippen MR) is 175 cm³/mol. The van der Waals surface area contributed by atoms with Crippen LogP contribution in [0.25, 0.3) is 21.8 Å². The van der Waals surface area contributed by atoms with Crippen molar-refractivity contribution in [2.45, 2.75) is 80.4 Å². The summed E-state index contributed by atoms with van der Waals surface area (Å²) in [5.74, 6) is -0.987. The number of aromatic nitrogens is 2. The molecule has 0 unspecified atom stereocenters. The lowest BCUT2D eigenvalue weighted by Gasteiger charge is -2.30. The molecule has 13 nitrogen and oxygen atoms in total. The second kappa shape index (κ2) is 14.4. The molecule has 2 amide bonds. The van der Waals surface area contributed by atoms with E-state index in [1.807, 2.05) is 27.7 Å². The first kappa shape index (κ1) is 36.8. The molecule has 0 fully saturated rings. The molecule has 3 aromatic rings. The number of esters is 2. The number of hydrogen-bond donors (Lipinski definition) is 0. The summed E-state index contributed by atoms with van der Waals surface area (Å²) in [6.45, 7) is 18.1. The first-order valence-corrected chi connectivity index (χ1v) is 15.3. The number of fused-ring (bicyclic) bond motifs is 2. The van der Waals surface area contributed by atoms with Gasteiger partial charge in [-0.1, -0.05) is 27.7 Å². The van der Waals surface area contributed by atoms with Crippen LogP contribution in [0.15, 0.2) is 18.2 Å². The third-order valence-corrected chi connectivity index (χ3v) is 6.09. The Hall–Kier alpha value is -4.68. The minimum Gasteiger partial charge on any atom is -0.493 e. The van der Waals surface area contributed by atoms with Crippen molar-refractivity contribution in [1.82, 2.24) is 9.97 Å². The number of imide groups is 1. The van der Waals surface area contributed by atoms with Gasteiger partial charge in [0.1, 0.15) is 39.4 Å². The van der Waals surface area contributed by atoms with Crippen LogP contribution in [0.1, 0.15) is 90.2 Å². The molecule has 0 spiro atoms. The lowest BCUT2D eigenvalue weighted by molar-refractivity contribution is 0.0430. The summed E-state index contributed by atoms with van der Waals surface area (Å²) in [5, 5.41) is 0.611. The molecule has 47 heavy (non-hydrogen) atoms. The zero-order valence-electron chi connectivity index (χ0n) is 29.2. The SMILES string of the molecule is COC(=O)c1cc(OCC(C)C)c2cc3c(OCC(C)C)cc(C(=O)OC)nc3c(N(C(=O)OC(C)(C)C)C(=O)OC(C)(C)C)c2n1. The summed E-state index contributed by atoms with van der Waals surface area (Å²) in [7, 11) is 2.39. The Morgan fingerprint density at radius 1 is 0.660 bits per heavy atom. The normalized spacial score (nSPS) is 11.9. The summed E-state index contributed by atoms with van der Waals surface area (Å²) in [6, 6.07) is 4.49. The zero-order chi connectivity index (χ0) is 35.4. The van der Waals surface area contributed by atoms with Crippen molar-refractivity contribution in [2.75, 3.05) is 32.3 Å². The average molecular weight is 656 g/mol. The Labute approximate surface area is 274 Å². The summed E-state index contributed by atoms with van der Waals surface area (Å²) in [4.78, 5) is 63.6. The van der Waals surface area contributed by atoms with Gasteiger partial charge in [0.05, 0.1) is 27.4 Å². The van der Waals surface area contributed by atoms with Crippen LogP contribution in [-0.2, 0) is 18.9 Å². The highest BCUT2D eigenvalue weighted by Gasteiger charge is 2.37. The third-order valence-electron chi connectivity index (χ3n) is 6.09. The van der Waals surface area contributed by atoms with Crippen molar-refractivity contribution in [1.29, 1.82) is 0 Å². The van der Waals surface area contributed by atoms with Crippen LogP contribution < -0.4 is 14.4 Å². The molecule has 256 valence electrons. The minimum absolute atomic E-state index is 0.0554. The van der Waals surface area contributed by atoms with E-state index in [9.17, 15) is 19.2 Å². The molecular weight excluding hydrogens is 610 g/mol. The van der Waals surface area contributed by atoms with E-state index in [4.69, 9.17) is 28.4 Å². The van der Waals surface area contributed by atoms with Crippen molar-refractivity contribution in [3.63, 3.8) is 0 Å². The van der Waals surface area contributed by atoms with E-state index in [0.29, 0.717) is 15.7 Å². The summed E-state index contributed by atoms with van der Waals surface area (Å²) >= 11 is 0. The topological polar surface area (TPSA) is 153 Å². The van der Waals surface area contributed by atoms with Crippen molar-refractivity contribution < 1.29 is 47.6 Å². The van der Waals surface area contributed by atoms with Crippen LogP contribution >= 0.6 is 0 Å². The van der Waals surface area contributed by atoms with E-state index in [1.165, 1.54) is 26.4 Å². The summed E-state index contributed by atoms with van der Waals surface area (Å²) < 4.78 is 33.6. The lowest BCUT2D eigenvalue weighted by Crippen LogP contribution is -2.44. The highest BCUT2D eigenvalue weighted by Crippen LogP contribution is 2.43. The van der Waals surface area contributed by atoms with Crippen molar-refractivity contribution >= 4 is 51.6 Å². The fourth-order valence-electron chi connectivity index (χ4n) is 4.21. The van der Waals surface area contributed by atoms with E-state index in [0.717, 1.165) is 0 Å². The maximum atomic E-state index is 14.0. The van der Waals surface area contributed by atoms with Crippen LogP contribution in [0.4, 0.5) is 15.3 Å². The highest BCUT2D eigenvalue weighted by atomic mass is 16.6. The Morgan fingerprint density at radius 3 is 1.32 bits per heavy atom. The lowest BCUT2D eigenvalue weighted by atomic mass is 10.0. The van der Waals surface area contributed by atoms with E-state index in [-0.39, 0.29) is 64.7 Å². The number of methoxy groups -OCH3 is 2. The number of anilines is 1. The second-order valence-electron chi connectivity index (χ2n) is 13.7. The number of amides is 2. The van der Waals surface area contributed by atoms with Gasteiger partial charge in [0, 0.05) is 22.9 Å². The standard InChI is InChI=1S/C34H45N3O10/c1-18(2)16-44-24-14-22(29(38)42-11)35-26-20(24)13-21-25(45-17-19(3)4)15-23(30(39)43-12)36-27(21)28(26)37(31(40)46-33(5,6)7)32(41)47-34(8,9)10/h13-15,18-19H,16-17H2,1-12H3. The average Bonchev–Trinajstić information content (AvgIpc) is 2.95. The number of ether oxygens (including phenoxy) is 6. The maximum Gasteiger partial charge on any atom is 0.424 e. The highest BCUT2D eigenvalue weighted by molar-refractivity contribution is 6.23. The van der Waals surface area contributed by atoms with Gasteiger partial charge in [0.25, 0.3) is 0 Å². The molecule has 0 bridgehead atoms. The number of rotatable bonds is 9. The molecule has 0 saturated heterocycles. The number of benzene rings is 1. The number of hydrogen-bond acceptors (Lipinski definition) is 12. The van der Waals surface area contributed by atoms with E-state index in [2.05, 4.69) is 9.97 Å². The number of carbonyl (C=O) groups excluding carboxylic acids is 4. The van der Waals surface area contributed by atoms with E-state index >= 15 is 0 Å². The van der Waals surface area contributed by atoms with Crippen LogP contribution in [0.5, 0.6) is 11.5 Å². The number of carbonyl (C=O) groups is 4. The van der Waals surface area contributed by atoms with Gasteiger partial charge in [-0.2, -0.15) is 4.90 Å². The fourth-order valence-corrected chi connectivity index (χ4v) is 4.21. The molecule has 0 aliphatic rings. The predicted octanol–water partition coefficient (Wildman–Crippen LogP) is 7.10. The van der Waals surface area contributed by atoms with Crippen LogP contribution in [0, 0.1) is 11.8 Å². The Balaban J connectivity index is 2.68. The van der Waals surface area contributed by atoms with Gasteiger partial charge in [-0.25, -0.2) is 29.1 Å². The van der Waals surface area contributed by atoms with E-state index in [1.54, 1.807) is 47.6 Å². The van der Waals surface area contributed by atoms with Gasteiger partial charge < -0.3 is 28.4 Å². The van der Waals surface area contributed by atoms with Gasteiger partial charge in [-0.05, 0) is 59.4 Å². The van der Waals surface area contributed by atoms with Gasteiger partial charge in [0.2, 0.25) is 0 Å². The molecule has 0 aliphatic carbocycles. The van der Waals surface area contributed by atoms with Crippen LogP contribution in [0.3, 0.4) is 0 Å². The summed E-state index contributed by atoms with van der Waals surface area (Å²) in [5.41, 5.74) is -2.79. The molecule has 0 saturated carbocycles. The molecule has 0 atom stereocenters. The van der Waals surface area contributed by atoms with Gasteiger partial charge >= 0.3 is 24.1 Å². The largest absolute Gasteiger partial charge is 0.493 e. The van der Waals surface area contributed by atoms with Crippen molar-refractivity contribution in [2.24, 2.45) is 11.8 Å². The van der Waals surface area contributed by atoms with E-state index < -0.39 is 35.3 Å². The second-order valence-corrected chi connectivity index (χ2v) is 13.7. The smallest absolute Gasteiger partial charge is 0.424 e. The Kier molecular flexibility index (Phi) is 11.3. The molecule has 0 radical (unpaired) electrons. The van der Waals surface area contributed by atoms with Gasteiger partial charge in [0.15, 0.2) is 11.4 Å².